The summed E-state index contributed by atoms with van der Waals surface area (Å²) in [7, 11) is 0. The molecule has 6 nitrogen and oxygen atoms in total. The fourth-order valence-electron chi connectivity index (χ4n) is 8.99. The monoisotopic (exact) mass is 839 g/mol. The minimum Gasteiger partial charge on any atom is -0.434 e. The predicted molar refractivity (Wildman–Crippen MR) is 259 cm³/mol. The standard InChI is InChI=1S/C56H70O6/c1-7-13-17-25-41-31-33-47-49(35-41)51(43-27-19-21-29-45(43)53(47)61-55(57)59-37-39(11-5)23-15-9-3)52-44-28-20-22-30-46(44)54(62-56(58)60-38-40(12-6)24-16-10-4)48-34-32-42(36-50(48)52)26-18-14-8-2/h19-22,27-36,39-40H,7-18,23-26,37-38H2,1-6H3. The minimum absolute atomic E-state index is 0.297. The molecule has 6 rings (SSSR count). The Balaban J connectivity index is 1.58. The molecular formula is C56H70O6. The Labute approximate surface area is 370 Å². The SMILES string of the molecule is CCCCCc1ccc2c(OC(=O)OCC(CC)CCCC)c3ccccc3c(-c3c4ccccc4c(OC(=O)OCC(CC)CCCC)c4ccc(CCCCC)cc34)c2c1. The predicted octanol–water partition coefficient (Wildman–Crippen LogP) is 16.9. The van der Waals surface area contributed by atoms with Gasteiger partial charge in [0.2, 0.25) is 0 Å². The minimum atomic E-state index is -0.678. The largest absolute Gasteiger partial charge is 0.513 e. The number of carbonyl (C=O) groups is 2. The zero-order chi connectivity index (χ0) is 43.8. The highest BCUT2D eigenvalue weighted by Gasteiger charge is 2.26. The first-order chi connectivity index (χ1) is 30.3. The van der Waals surface area contributed by atoms with E-state index in [4.69, 9.17) is 18.9 Å². The van der Waals surface area contributed by atoms with Gasteiger partial charge in [0.25, 0.3) is 0 Å². The van der Waals surface area contributed by atoms with E-state index < -0.39 is 12.3 Å². The van der Waals surface area contributed by atoms with Crippen LogP contribution < -0.4 is 9.47 Å². The van der Waals surface area contributed by atoms with Gasteiger partial charge in [-0.15, -0.1) is 0 Å². The van der Waals surface area contributed by atoms with Crippen LogP contribution in [0.3, 0.4) is 0 Å². The lowest BCUT2D eigenvalue weighted by Crippen LogP contribution is -2.17. The van der Waals surface area contributed by atoms with Gasteiger partial charge in [-0.2, -0.15) is 0 Å². The van der Waals surface area contributed by atoms with Crippen molar-refractivity contribution in [1.82, 2.24) is 0 Å². The number of carbonyl (C=O) groups excluding carboxylic acids is 2. The van der Waals surface area contributed by atoms with Crippen molar-refractivity contribution in [3.05, 3.63) is 96.1 Å². The molecule has 0 spiro atoms. The summed E-state index contributed by atoms with van der Waals surface area (Å²) in [6, 6.07) is 29.7. The van der Waals surface area contributed by atoms with E-state index in [2.05, 4.69) is 102 Å². The number of benzene rings is 6. The quantitative estimate of drug-likeness (QED) is 0.0277. The van der Waals surface area contributed by atoms with E-state index in [-0.39, 0.29) is 0 Å². The van der Waals surface area contributed by atoms with Gasteiger partial charge in [-0.3, -0.25) is 0 Å². The average Bonchev–Trinajstić information content (AvgIpc) is 3.29. The van der Waals surface area contributed by atoms with E-state index in [1.165, 1.54) is 11.1 Å². The van der Waals surface area contributed by atoms with Crippen molar-refractivity contribution in [2.24, 2.45) is 11.8 Å². The molecule has 0 saturated carbocycles. The number of hydrogen-bond donors (Lipinski definition) is 0. The number of unbranched alkanes of at least 4 members (excludes halogenated alkanes) is 6. The highest BCUT2D eigenvalue weighted by molar-refractivity contribution is 6.27. The second kappa shape index (κ2) is 23.4. The molecule has 2 atom stereocenters. The van der Waals surface area contributed by atoms with Crippen LogP contribution in [0.4, 0.5) is 9.59 Å². The maximum absolute atomic E-state index is 13.7. The number of rotatable bonds is 23. The lowest BCUT2D eigenvalue weighted by Gasteiger charge is -2.22. The molecule has 330 valence electrons. The number of hydrogen-bond acceptors (Lipinski definition) is 6. The summed E-state index contributed by atoms with van der Waals surface area (Å²) in [5.74, 6) is 1.61. The Morgan fingerprint density at radius 3 is 1.18 bits per heavy atom. The van der Waals surface area contributed by atoms with E-state index in [1.807, 2.05) is 24.3 Å². The second-order valence-electron chi connectivity index (χ2n) is 17.3. The number of ether oxygens (including phenoxy) is 4. The number of fused-ring (bicyclic) bond motifs is 4. The third-order valence-corrected chi connectivity index (χ3v) is 12.8. The van der Waals surface area contributed by atoms with Gasteiger partial charge in [-0.1, -0.05) is 191 Å². The summed E-state index contributed by atoms with van der Waals surface area (Å²) in [5.41, 5.74) is 4.58. The van der Waals surface area contributed by atoms with E-state index in [0.29, 0.717) is 36.5 Å². The maximum atomic E-state index is 13.7. The maximum Gasteiger partial charge on any atom is 0.513 e. The molecule has 0 aliphatic carbocycles. The van der Waals surface area contributed by atoms with E-state index in [1.54, 1.807) is 0 Å². The van der Waals surface area contributed by atoms with Gasteiger partial charge in [0.1, 0.15) is 11.5 Å². The van der Waals surface area contributed by atoms with Crippen molar-refractivity contribution in [3.8, 4) is 22.6 Å². The zero-order valence-corrected chi connectivity index (χ0v) is 38.4. The molecule has 0 aliphatic rings. The van der Waals surface area contributed by atoms with Crippen LogP contribution in [0.1, 0.15) is 143 Å². The van der Waals surface area contributed by atoms with Gasteiger partial charge in [0.05, 0.1) is 13.2 Å². The van der Waals surface area contributed by atoms with Gasteiger partial charge >= 0.3 is 12.3 Å². The third-order valence-electron chi connectivity index (χ3n) is 12.8. The smallest absolute Gasteiger partial charge is 0.434 e. The Kier molecular flexibility index (Phi) is 17.5. The molecule has 0 N–H and O–H groups in total. The zero-order valence-electron chi connectivity index (χ0n) is 38.4. The molecule has 2 unspecified atom stereocenters. The van der Waals surface area contributed by atoms with Crippen molar-refractivity contribution in [2.45, 2.75) is 144 Å². The molecule has 0 bridgehead atoms. The lowest BCUT2D eigenvalue weighted by molar-refractivity contribution is 0.0811. The van der Waals surface area contributed by atoms with Crippen LogP contribution in [0, 0.1) is 11.8 Å². The van der Waals surface area contributed by atoms with Crippen molar-refractivity contribution < 1.29 is 28.5 Å². The van der Waals surface area contributed by atoms with Gasteiger partial charge in [0.15, 0.2) is 0 Å². The lowest BCUT2D eigenvalue weighted by atomic mass is 9.84. The summed E-state index contributed by atoms with van der Waals surface area (Å²) in [4.78, 5) is 27.3. The molecule has 6 aromatic rings. The summed E-state index contributed by atoms with van der Waals surface area (Å²) in [5, 5.41) is 7.30. The summed E-state index contributed by atoms with van der Waals surface area (Å²) in [6.45, 7) is 13.8. The third kappa shape index (κ3) is 11.3. The molecular weight excluding hydrogens is 769 g/mol. The van der Waals surface area contributed by atoms with Crippen molar-refractivity contribution in [1.29, 1.82) is 0 Å². The van der Waals surface area contributed by atoms with Crippen LogP contribution in [-0.2, 0) is 22.3 Å². The van der Waals surface area contributed by atoms with Crippen LogP contribution in [-0.4, -0.2) is 25.5 Å². The Morgan fingerprint density at radius 2 is 0.806 bits per heavy atom. The Morgan fingerprint density at radius 1 is 0.435 bits per heavy atom. The van der Waals surface area contributed by atoms with Gasteiger partial charge in [0, 0.05) is 21.5 Å². The number of aryl methyl sites for hydroxylation is 2. The Hall–Kier alpha value is -5.10. The van der Waals surface area contributed by atoms with Gasteiger partial charge in [-0.25, -0.2) is 9.59 Å². The first kappa shape index (κ1) is 46.4. The fraction of sp³-hybridized carbons (Fsp3) is 0.464. The van der Waals surface area contributed by atoms with Gasteiger partial charge in [-0.05, 0) is 94.2 Å². The molecule has 0 aliphatic heterocycles. The highest BCUT2D eigenvalue weighted by atomic mass is 16.7. The van der Waals surface area contributed by atoms with Crippen LogP contribution in [0.25, 0.3) is 54.2 Å². The first-order valence-corrected chi connectivity index (χ1v) is 24.0. The van der Waals surface area contributed by atoms with Gasteiger partial charge < -0.3 is 18.9 Å². The van der Waals surface area contributed by atoms with E-state index in [9.17, 15) is 9.59 Å². The molecule has 0 radical (unpaired) electrons. The molecule has 62 heavy (non-hydrogen) atoms. The molecule has 0 saturated heterocycles. The Bertz CT molecular complexity index is 2240. The molecule has 0 fully saturated rings. The van der Waals surface area contributed by atoms with Crippen LogP contribution in [0.15, 0.2) is 84.9 Å². The summed E-state index contributed by atoms with van der Waals surface area (Å²) >= 11 is 0. The van der Waals surface area contributed by atoms with E-state index in [0.717, 1.165) is 157 Å². The van der Waals surface area contributed by atoms with Crippen molar-refractivity contribution >= 4 is 55.4 Å². The van der Waals surface area contributed by atoms with Crippen molar-refractivity contribution in [2.75, 3.05) is 13.2 Å². The molecule has 0 heterocycles. The average molecular weight is 839 g/mol. The van der Waals surface area contributed by atoms with Crippen LogP contribution in [0.2, 0.25) is 0 Å². The summed E-state index contributed by atoms with van der Waals surface area (Å²) in [6.07, 6.45) is 15.6. The molecule has 0 aromatic heterocycles. The highest BCUT2D eigenvalue weighted by Crippen LogP contribution is 2.50. The second-order valence-corrected chi connectivity index (χ2v) is 17.3. The van der Waals surface area contributed by atoms with Crippen molar-refractivity contribution in [3.63, 3.8) is 0 Å². The first-order valence-electron chi connectivity index (χ1n) is 24.0. The molecule has 6 aromatic carbocycles. The fourth-order valence-corrected chi connectivity index (χ4v) is 8.99. The molecule has 6 heteroatoms. The summed E-state index contributed by atoms with van der Waals surface area (Å²) < 4.78 is 24.3. The molecule has 0 amide bonds. The normalized spacial score (nSPS) is 12.5. The van der Waals surface area contributed by atoms with Crippen LogP contribution in [0.5, 0.6) is 11.5 Å². The topological polar surface area (TPSA) is 71.1 Å². The van der Waals surface area contributed by atoms with E-state index >= 15 is 0 Å². The van der Waals surface area contributed by atoms with Crippen LogP contribution >= 0.6 is 0 Å².